The average Bonchev–Trinajstić information content (AvgIpc) is 3.64. The van der Waals surface area contributed by atoms with Crippen LogP contribution in [0.1, 0.15) is 65.9 Å². The van der Waals surface area contributed by atoms with Crippen molar-refractivity contribution < 1.29 is 34.1 Å². The van der Waals surface area contributed by atoms with Crippen LogP contribution in [-0.2, 0) is 27.1 Å². The molecule has 1 unspecified atom stereocenters. The molecule has 2 N–H and O–H groups in total. The largest absolute Gasteiger partial charge is 0.448 e. The molecule has 2 aromatic heterocycles. The smallest absolute Gasteiger partial charge is 0.415 e. The lowest BCUT2D eigenvalue weighted by molar-refractivity contribution is -0.115. The summed E-state index contributed by atoms with van der Waals surface area (Å²) in [6, 6.07) is 1.92. The predicted octanol–water partition coefficient (Wildman–Crippen LogP) is 5.34. The minimum absolute atomic E-state index is 0. The molecule has 4 heterocycles. The standard InChI is InChI=1S/C25H29FN6O5.C8H15NO2.HI.H2/c1-2-20(33)30-23-24(34)27-12-19(29-23)32-6-4-3-5-31(7-8-36-25(32)35)13-15-9-16-11-18-22(37-14-28-18)21(26)17(16)10-15;1-8(2,3)11-7(10)9-5-4-6-9;;/h11-12,14-15H,2-10,13H2,1H3,(H,27,34)(H,29,30,33);4-6H2,1-3H3;2*1H. The van der Waals surface area contributed by atoms with Crippen molar-refractivity contribution in [2.45, 2.75) is 71.8 Å². The maximum atomic E-state index is 14.9. The number of rotatable bonds is 5. The molecule has 6 rings (SSSR count). The molecule has 3 amide bonds. The SMILES string of the molecule is CC(C)(C)OC(=O)N1CCC1.CCC(=O)Nc1nc(N2CCCCN(CC3Cc4cc5ncoc5c(F)c4C3)CCOC2=O)c[nH]c1=O.I.[HH]. The number of anilines is 2. The van der Waals surface area contributed by atoms with Crippen LogP contribution >= 0.6 is 24.0 Å². The van der Waals surface area contributed by atoms with Crippen LogP contribution in [0.15, 0.2) is 27.9 Å². The summed E-state index contributed by atoms with van der Waals surface area (Å²) in [5.74, 6) is -0.348. The zero-order valence-corrected chi connectivity index (χ0v) is 30.7. The van der Waals surface area contributed by atoms with Gasteiger partial charge in [-0.25, -0.2) is 23.9 Å². The average molecular weight is 800 g/mol. The maximum Gasteiger partial charge on any atom is 0.415 e. The lowest BCUT2D eigenvalue weighted by atomic mass is 10.1. The minimum Gasteiger partial charge on any atom is -0.448 e. The van der Waals surface area contributed by atoms with E-state index in [-0.39, 0.29) is 85.0 Å². The number of aromatic amines is 1. The monoisotopic (exact) mass is 799 g/mol. The Morgan fingerprint density at radius 1 is 1.12 bits per heavy atom. The van der Waals surface area contributed by atoms with Gasteiger partial charge in [0.1, 0.15) is 17.7 Å². The number of hydrogen-bond acceptors (Lipinski definition) is 10. The number of ether oxygens (including phenoxy) is 2. The van der Waals surface area contributed by atoms with E-state index in [2.05, 4.69) is 25.2 Å². The van der Waals surface area contributed by atoms with Crippen molar-refractivity contribution >= 4 is 64.8 Å². The Balaban J connectivity index is 0.000000447. The number of hydrogen-bond donors (Lipinski definition) is 2. The van der Waals surface area contributed by atoms with Gasteiger partial charge in [-0.3, -0.25) is 19.4 Å². The number of halogens is 2. The van der Waals surface area contributed by atoms with E-state index in [0.717, 1.165) is 51.0 Å². The topological polar surface area (TPSA) is 163 Å². The molecule has 0 radical (unpaired) electrons. The van der Waals surface area contributed by atoms with E-state index in [1.54, 1.807) is 11.8 Å². The first kappa shape index (κ1) is 38.0. The van der Waals surface area contributed by atoms with E-state index >= 15 is 0 Å². The quantitative estimate of drug-likeness (QED) is 0.322. The van der Waals surface area contributed by atoms with Crippen molar-refractivity contribution in [1.29, 1.82) is 0 Å². The fourth-order valence-electron chi connectivity index (χ4n) is 5.82. The Morgan fingerprint density at radius 3 is 2.57 bits per heavy atom. The van der Waals surface area contributed by atoms with E-state index in [4.69, 9.17) is 13.9 Å². The zero-order valence-electron chi connectivity index (χ0n) is 28.4. The van der Waals surface area contributed by atoms with Crippen LogP contribution in [0, 0.1) is 11.7 Å². The van der Waals surface area contributed by atoms with Crippen LogP contribution in [-0.4, -0.2) is 94.3 Å². The van der Waals surface area contributed by atoms with Crippen LogP contribution < -0.4 is 15.8 Å². The number of carbonyl (C=O) groups excluding carboxylic acids is 3. The van der Waals surface area contributed by atoms with Gasteiger partial charge in [-0.1, -0.05) is 6.92 Å². The maximum absolute atomic E-state index is 14.9. The van der Waals surface area contributed by atoms with Gasteiger partial charge >= 0.3 is 12.2 Å². The molecular formula is C33H47FIN7O7. The fourth-order valence-corrected chi connectivity index (χ4v) is 5.82. The number of oxazole rings is 1. The molecule has 2 aliphatic heterocycles. The van der Waals surface area contributed by atoms with E-state index in [1.807, 2.05) is 26.8 Å². The highest BCUT2D eigenvalue weighted by molar-refractivity contribution is 14.0. The van der Waals surface area contributed by atoms with Crippen molar-refractivity contribution in [1.82, 2.24) is 24.8 Å². The third kappa shape index (κ3) is 9.89. The Morgan fingerprint density at radius 2 is 1.88 bits per heavy atom. The van der Waals surface area contributed by atoms with Gasteiger partial charge in [-0.2, -0.15) is 0 Å². The molecule has 16 heteroatoms. The highest BCUT2D eigenvalue weighted by Gasteiger charge is 2.30. The highest BCUT2D eigenvalue weighted by Crippen LogP contribution is 2.34. The summed E-state index contributed by atoms with van der Waals surface area (Å²) in [4.78, 5) is 63.9. The summed E-state index contributed by atoms with van der Waals surface area (Å²) >= 11 is 0. The van der Waals surface area contributed by atoms with Gasteiger partial charge in [0.25, 0.3) is 5.56 Å². The summed E-state index contributed by atoms with van der Waals surface area (Å²) in [7, 11) is 0. The van der Waals surface area contributed by atoms with Gasteiger partial charge in [-0.05, 0) is 82.5 Å². The van der Waals surface area contributed by atoms with Gasteiger partial charge in [0.15, 0.2) is 23.6 Å². The second-order valence-corrected chi connectivity index (χ2v) is 13.2. The summed E-state index contributed by atoms with van der Waals surface area (Å²) in [5.41, 5.74) is 1.55. The van der Waals surface area contributed by atoms with Gasteiger partial charge in [0.05, 0.1) is 0 Å². The number of fused-ring (bicyclic) bond motifs is 2. The Bertz CT molecular complexity index is 1690. The molecule has 2 saturated heterocycles. The Hall–Kier alpha value is -3.80. The number of cyclic esters (lactones) is 1. The molecular weight excluding hydrogens is 752 g/mol. The molecule has 2 fully saturated rings. The van der Waals surface area contributed by atoms with Crippen LogP contribution in [0.25, 0.3) is 11.1 Å². The van der Waals surface area contributed by atoms with Crippen molar-refractivity contribution in [2.75, 3.05) is 56.1 Å². The molecule has 1 atom stereocenters. The third-order valence-corrected chi connectivity index (χ3v) is 8.37. The Kier molecular flexibility index (Phi) is 13.0. The fraction of sp³-hybridized carbons (Fsp3) is 0.576. The number of likely N-dealkylation sites (tertiary alicyclic amines) is 1. The summed E-state index contributed by atoms with van der Waals surface area (Å²) in [5, 5.41) is 2.45. The van der Waals surface area contributed by atoms with E-state index in [9.17, 15) is 23.6 Å². The molecule has 0 saturated carbocycles. The van der Waals surface area contributed by atoms with Crippen LogP contribution in [0.2, 0.25) is 0 Å². The lowest BCUT2D eigenvalue weighted by Crippen LogP contribution is -2.44. The van der Waals surface area contributed by atoms with Crippen molar-refractivity contribution in [3.8, 4) is 0 Å². The van der Waals surface area contributed by atoms with Gasteiger partial charge in [0, 0.05) is 46.8 Å². The van der Waals surface area contributed by atoms with Crippen molar-refractivity contribution in [3.63, 3.8) is 0 Å². The van der Waals surface area contributed by atoms with Gasteiger partial charge in [0.2, 0.25) is 11.7 Å². The van der Waals surface area contributed by atoms with Crippen LogP contribution in [0.4, 0.5) is 25.6 Å². The van der Waals surface area contributed by atoms with E-state index in [1.165, 1.54) is 17.5 Å². The first-order valence-corrected chi connectivity index (χ1v) is 16.5. The van der Waals surface area contributed by atoms with Crippen molar-refractivity contribution in [2.24, 2.45) is 5.92 Å². The van der Waals surface area contributed by atoms with Gasteiger partial charge in [-0.15, -0.1) is 24.0 Å². The summed E-state index contributed by atoms with van der Waals surface area (Å²) in [6.45, 7) is 11.7. The number of benzene rings is 1. The summed E-state index contributed by atoms with van der Waals surface area (Å²) in [6.07, 6.45) is 6.09. The first-order chi connectivity index (χ1) is 22.9. The summed E-state index contributed by atoms with van der Waals surface area (Å²) < 4.78 is 30.7. The lowest BCUT2D eigenvalue weighted by Gasteiger charge is -2.32. The molecule has 3 aliphatic rings. The van der Waals surface area contributed by atoms with E-state index in [0.29, 0.717) is 37.0 Å². The zero-order chi connectivity index (χ0) is 34.4. The third-order valence-electron chi connectivity index (χ3n) is 8.37. The molecule has 0 spiro atoms. The molecule has 270 valence electrons. The van der Waals surface area contributed by atoms with Crippen LogP contribution in [0.3, 0.4) is 0 Å². The predicted molar refractivity (Wildman–Crippen MR) is 193 cm³/mol. The number of nitrogens with one attached hydrogen (secondary N) is 2. The minimum atomic E-state index is -0.570. The molecule has 49 heavy (non-hydrogen) atoms. The molecule has 1 aromatic carbocycles. The highest BCUT2D eigenvalue weighted by atomic mass is 127. The number of H-pyrrole nitrogens is 1. The second-order valence-electron chi connectivity index (χ2n) is 13.2. The molecule has 14 nitrogen and oxygen atoms in total. The van der Waals surface area contributed by atoms with Gasteiger partial charge < -0.3 is 29.1 Å². The number of carbonyl (C=O) groups is 3. The number of nitrogens with zero attached hydrogens (tertiary/aromatic N) is 5. The molecule has 3 aromatic rings. The normalized spacial score (nSPS) is 18.3. The van der Waals surface area contributed by atoms with Crippen molar-refractivity contribution in [3.05, 3.63) is 46.0 Å². The van der Waals surface area contributed by atoms with E-state index < -0.39 is 11.7 Å². The molecule has 1 aliphatic carbocycles. The first-order valence-electron chi connectivity index (χ1n) is 16.5. The number of aromatic nitrogens is 3. The second kappa shape index (κ2) is 16.7. The van der Waals surface area contributed by atoms with Crippen LogP contribution in [0.5, 0.6) is 0 Å². The number of amides is 3. The molecule has 0 bridgehead atoms. The Labute approximate surface area is 302 Å².